The summed E-state index contributed by atoms with van der Waals surface area (Å²) in [4.78, 5) is 17.2. The van der Waals surface area contributed by atoms with E-state index in [1.165, 1.54) is 17.4 Å². The highest BCUT2D eigenvalue weighted by molar-refractivity contribution is 7.19. The van der Waals surface area contributed by atoms with Gasteiger partial charge in [0.15, 0.2) is 5.13 Å². The van der Waals surface area contributed by atoms with E-state index in [1.54, 1.807) is 18.3 Å². The van der Waals surface area contributed by atoms with Crippen LogP contribution in [0, 0.1) is 17.2 Å². The molecule has 1 aliphatic rings. The number of carbonyl (C=O) groups is 1. The molecule has 1 fully saturated rings. The average Bonchev–Trinajstić information content (AvgIpc) is 3.04. The van der Waals surface area contributed by atoms with Crippen molar-refractivity contribution in [3.63, 3.8) is 0 Å². The summed E-state index contributed by atoms with van der Waals surface area (Å²) < 4.78 is 5.25. The van der Waals surface area contributed by atoms with Gasteiger partial charge < -0.3 is 15.2 Å². The molecule has 3 rings (SSSR count). The Morgan fingerprint density at radius 2 is 2.22 bits per heavy atom. The SMILES string of the molecule is N#Cc1cc(-c2cnc(NC(=O)C3CCOCC3)s2)ccc1O. The number of nitriles is 1. The number of nitrogens with zero attached hydrogens (tertiary/aromatic N) is 2. The van der Waals surface area contributed by atoms with E-state index in [9.17, 15) is 9.90 Å². The van der Waals surface area contributed by atoms with Crippen molar-refractivity contribution in [1.29, 1.82) is 5.26 Å². The van der Waals surface area contributed by atoms with Crippen molar-refractivity contribution in [1.82, 2.24) is 4.98 Å². The van der Waals surface area contributed by atoms with Crippen molar-refractivity contribution in [3.05, 3.63) is 30.0 Å². The molecule has 0 bridgehead atoms. The second-order valence-electron chi connectivity index (χ2n) is 5.25. The Morgan fingerprint density at radius 1 is 1.43 bits per heavy atom. The summed E-state index contributed by atoms with van der Waals surface area (Å²) in [5, 5.41) is 21.9. The van der Waals surface area contributed by atoms with Gasteiger partial charge in [-0.1, -0.05) is 11.3 Å². The number of hydrogen-bond donors (Lipinski definition) is 2. The van der Waals surface area contributed by atoms with Gasteiger partial charge in [-0.2, -0.15) is 5.26 Å². The molecule has 1 amide bonds. The fourth-order valence-electron chi connectivity index (χ4n) is 2.41. The maximum atomic E-state index is 12.2. The molecular weight excluding hydrogens is 314 g/mol. The maximum Gasteiger partial charge on any atom is 0.229 e. The summed E-state index contributed by atoms with van der Waals surface area (Å²) in [6, 6.07) is 6.74. The first-order chi connectivity index (χ1) is 11.2. The van der Waals surface area contributed by atoms with Crippen LogP contribution in [0.4, 0.5) is 5.13 Å². The molecule has 118 valence electrons. The van der Waals surface area contributed by atoms with Crippen LogP contribution in [0.1, 0.15) is 18.4 Å². The van der Waals surface area contributed by atoms with Crippen molar-refractivity contribution in [2.45, 2.75) is 12.8 Å². The summed E-state index contributed by atoms with van der Waals surface area (Å²) >= 11 is 1.34. The summed E-state index contributed by atoms with van der Waals surface area (Å²) in [6.07, 6.45) is 3.11. The lowest BCUT2D eigenvalue weighted by atomic mass is 10.00. The van der Waals surface area contributed by atoms with Gasteiger partial charge in [0.25, 0.3) is 0 Å². The van der Waals surface area contributed by atoms with Gasteiger partial charge in [0.2, 0.25) is 5.91 Å². The zero-order valence-electron chi connectivity index (χ0n) is 12.3. The third-order valence-electron chi connectivity index (χ3n) is 3.73. The Labute approximate surface area is 137 Å². The highest BCUT2D eigenvalue weighted by Gasteiger charge is 2.22. The van der Waals surface area contributed by atoms with Gasteiger partial charge in [0.1, 0.15) is 11.8 Å². The first kappa shape index (κ1) is 15.5. The number of aromatic nitrogens is 1. The number of benzene rings is 1. The van der Waals surface area contributed by atoms with Crippen molar-refractivity contribution < 1.29 is 14.6 Å². The van der Waals surface area contributed by atoms with Crippen LogP contribution in [0.5, 0.6) is 5.75 Å². The standard InChI is InChI=1S/C16H15N3O3S/c17-8-12-7-11(1-2-13(12)20)14-9-18-16(23-14)19-15(21)10-3-5-22-6-4-10/h1-2,7,9-10,20H,3-6H2,(H,18,19,21). The first-order valence-corrected chi connectivity index (χ1v) is 8.07. The number of phenols is 1. The molecule has 2 N–H and O–H groups in total. The van der Waals surface area contributed by atoms with Gasteiger partial charge in [0.05, 0.1) is 10.4 Å². The van der Waals surface area contributed by atoms with Crippen LogP contribution in [0.25, 0.3) is 10.4 Å². The molecule has 1 saturated heterocycles. The number of nitrogens with one attached hydrogen (secondary N) is 1. The van der Waals surface area contributed by atoms with E-state index in [-0.39, 0.29) is 23.1 Å². The number of phenolic OH excluding ortho intramolecular Hbond substituents is 1. The fourth-order valence-corrected chi connectivity index (χ4v) is 3.23. The minimum Gasteiger partial charge on any atom is -0.507 e. The Morgan fingerprint density at radius 3 is 2.96 bits per heavy atom. The second-order valence-corrected chi connectivity index (χ2v) is 6.28. The topological polar surface area (TPSA) is 95.2 Å². The Balaban J connectivity index is 1.73. The number of thiazole rings is 1. The molecule has 23 heavy (non-hydrogen) atoms. The van der Waals surface area contributed by atoms with Gasteiger partial charge >= 0.3 is 0 Å². The monoisotopic (exact) mass is 329 g/mol. The lowest BCUT2D eigenvalue weighted by Gasteiger charge is -2.20. The summed E-state index contributed by atoms with van der Waals surface area (Å²) in [7, 11) is 0. The molecule has 7 heteroatoms. The number of amides is 1. The van der Waals surface area contributed by atoms with Gasteiger partial charge in [-0.3, -0.25) is 4.79 Å². The van der Waals surface area contributed by atoms with E-state index in [0.29, 0.717) is 18.3 Å². The number of anilines is 1. The molecule has 1 aliphatic heterocycles. The molecule has 2 heterocycles. The normalized spacial score (nSPS) is 15.1. The number of ether oxygens (including phenoxy) is 1. The summed E-state index contributed by atoms with van der Waals surface area (Å²) in [6.45, 7) is 1.23. The van der Waals surface area contributed by atoms with Crippen LogP contribution >= 0.6 is 11.3 Å². The lowest BCUT2D eigenvalue weighted by molar-refractivity contribution is -0.122. The minimum absolute atomic E-state index is 0.0300. The number of aromatic hydroxyl groups is 1. The Kier molecular flexibility index (Phi) is 4.55. The highest BCUT2D eigenvalue weighted by Crippen LogP contribution is 2.32. The summed E-state index contributed by atoms with van der Waals surface area (Å²) in [5.41, 5.74) is 0.993. The quantitative estimate of drug-likeness (QED) is 0.903. The molecule has 1 aromatic carbocycles. The van der Waals surface area contributed by atoms with Gasteiger partial charge in [0, 0.05) is 25.3 Å². The van der Waals surface area contributed by atoms with E-state index in [4.69, 9.17) is 10.00 Å². The molecule has 6 nitrogen and oxygen atoms in total. The summed E-state index contributed by atoms with van der Waals surface area (Å²) in [5.74, 6) is -0.110. The number of hydrogen-bond acceptors (Lipinski definition) is 6. The molecule has 0 unspecified atom stereocenters. The van der Waals surface area contributed by atoms with Crippen LogP contribution < -0.4 is 5.32 Å². The predicted molar refractivity (Wildman–Crippen MR) is 86.1 cm³/mol. The molecule has 0 saturated carbocycles. The molecular formula is C16H15N3O3S. The molecule has 0 aliphatic carbocycles. The van der Waals surface area contributed by atoms with Crippen LogP contribution in [-0.4, -0.2) is 29.2 Å². The zero-order chi connectivity index (χ0) is 16.2. The van der Waals surface area contributed by atoms with Crippen molar-refractivity contribution in [2.24, 2.45) is 5.92 Å². The molecule has 2 aromatic rings. The first-order valence-electron chi connectivity index (χ1n) is 7.25. The van der Waals surface area contributed by atoms with Gasteiger partial charge in [-0.25, -0.2) is 4.98 Å². The van der Waals surface area contributed by atoms with Crippen LogP contribution in [0.15, 0.2) is 24.4 Å². The van der Waals surface area contributed by atoms with Crippen LogP contribution in [0.2, 0.25) is 0 Å². The maximum absolute atomic E-state index is 12.2. The predicted octanol–water partition coefficient (Wildman–Crippen LogP) is 2.75. The minimum atomic E-state index is -0.0474. The van der Waals surface area contributed by atoms with Crippen LogP contribution in [-0.2, 0) is 9.53 Å². The fraction of sp³-hybridized carbons (Fsp3) is 0.312. The van der Waals surface area contributed by atoms with Gasteiger partial charge in [-0.05, 0) is 36.6 Å². The van der Waals surface area contributed by atoms with E-state index in [0.717, 1.165) is 23.3 Å². The highest BCUT2D eigenvalue weighted by atomic mass is 32.1. The number of carbonyl (C=O) groups excluding carboxylic acids is 1. The zero-order valence-corrected chi connectivity index (χ0v) is 13.1. The smallest absolute Gasteiger partial charge is 0.229 e. The Hall–Kier alpha value is -2.43. The molecule has 0 radical (unpaired) electrons. The number of rotatable bonds is 3. The lowest BCUT2D eigenvalue weighted by Crippen LogP contribution is -2.28. The van der Waals surface area contributed by atoms with Crippen LogP contribution in [0.3, 0.4) is 0 Å². The van der Waals surface area contributed by atoms with E-state index in [1.807, 2.05) is 6.07 Å². The van der Waals surface area contributed by atoms with Crippen molar-refractivity contribution in [2.75, 3.05) is 18.5 Å². The Bertz CT molecular complexity index is 760. The molecule has 0 atom stereocenters. The largest absolute Gasteiger partial charge is 0.507 e. The van der Waals surface area contributed by atoms with E-state index in [2.05, 4.69) is 10.3 Å². The average molecular weight is 329 g/mol. The second kappa shape index (κ2) is 6.77. The third kappa shape index (κ3) is 3.50. The van der Waals surface area contributed by atoms with Gasteiger partial charge in [-0.15, -0.1) is 0 Å². The van der Waals surface area contributed by atoms with E-state index < -0.39 is 0 Å². The third-order valence-corrected chi connectivity index (χ3v) is 4.69. The van der Waals surface area contributed by atoms with E-state index >= 15 is 0 Å². The molecule has 1 aromatic heterocycles. The van der Waals surface area contributed by atoms with Crippen molar-refractivity contribution in [3.8, 4) is 22.3 Å². The molecule has 0 spiro atoms. The van der Waals surface area contributed by atoms with Crippen molar-refractivity contribution >= 4 is 22.4 Å².